The number of nitriles is 1. The van der Waals surface area contributed by atoms with Gasteiger partial charge < -0.3 is 5.32 Å². The van der Waals surface area contributed by atoms with Crippen molar-refractivity contribution < 1.29 is 9.72 Å². The van der Waals surface area contributed by atoms with Gasteiger partial charge in [0, 0.05) is 11.6 Å². The molecule has 1 aliphatic rings. The van der Waals surface area contributed by atoms with E-state index in [0.29, 0.717) is 12.8 Å². The molecule has 2 rings (SSSR count). The summed E-state index contributed by atoms with van der Waals surface area (Å²) in [5.74, 6) is -0.446. The van der Waals surface area contributed by atoms with Crippen molar-refractivity contribution in [3.05, 3.63) is 38.9 Å². The highest BCUT2D eigenvalue weighted by atomic mass is 35.5. The number of rotatable bonds is 3. The quantitative estimate of drug-likeness (QED) is 0.679. The van der Waals surface area contributed by atoms with Crippen LogP contribution in [0.5, 0.6) is 0 Å². The molecule has 1 aromatic carbocycles. The van der Waals surface area contributed by atoms with Crippen molar-refractivity contribution >= 4 is 23.2 Å². The van der Waals surface area contributed by atoms with Crippen LogP contribution in [0, 0.1) is 21.4 Å². The molecular formula is C12H10ClN3O3. The van der Waals surface area contributed by atoms with E-state index >= 15 is 0 Å². The van der Waals surface area contributed by atoms with Gasteiger partial charge in [-0.1, -0.05) is 11.6 Å². The molecule has 19 heavy (non-hydrogen) atoms. The molecule has 1 N–H and O–H groups in total. The molecule has 0 atom stereocenters. The van der Waals surface area contributed by atoms with Gasteiger partial charge in [-0.2, -0.15) is 5.26 Å². The lowest BCUT2D eigenvalue weighted by Gasteiger charge is -2.35. The van der Waals surface area contributed by atoms with Crippen LogP contribution < -0.4 is 5.32 Å². The summed E-state index contributed by atoms with van der Waals surface area (Å²) in [6, 6.07) is 5.82. The number of amides is 1. The van der Waals surface area contributed by atoms with Crippen LogP contribution in [0.1, 0.15) is 29.6 Å². The zero-order valence-electron chi connectivity index (χ0n) is 9.85. The van der Waals surface area contributed by atoms with Crippen molar-refractivity contribution in [1.82, 2.24) is 5.32 Å². The van der Waals surface area contributed by atoms with Crippen LogP contribution in [0.4, 0.5) is 5.69 Å². The predicted octanol–water partition coefficient (Wildman–Crippen LogP) is 2.42. The number of carbonyl (C=O) groups is 1. The smallest absolute Gasteiger partial charge is 0.287 e. The molecule has 6 nitrogen and oxygen atoms in total. The number of nitrogens with zero attached hydrogens (tertiary/aromatic N) is 2. The predicted molar refractivity (Wildman–Crippen MR) is 67.8 cm³/mol. The van der Waals surface area contributed by atoms with Crippen molar-refractivity contribution in [3.63, 3.8) is 0 Å². The van der Waals surface area contributed by atoms with E-state index in [1.54, 1.807) is 0 Å². The lowest BCUT2D eigenvalue weighted by Crippen LogP contribution is -2.52. The molecule has 1 amide bonds. The van der Waals surface area contributed by atoms with E-state index in [4.69, 9.17) is 16.9 Å². The normalized spacial score (nSPS) is 16.0. The van der Waals surface area contributed by atoms with Gasteiger partial charge in [-0.05, 0) is 31.4 Å². The maximum absolute atomic E-state index is 12.0. The largest absolute Gasteiger partial charge is 0.334 e. The zero-order valence-corrected chi connectivity index (χ0v) is 10.6. The monoisotopic (exact) mass is 279 g/mol. The van der Waals surface area contributed by atoms with Crippen LogP contribution in [-0.2, 0) is 0 Å². The number of benzene rings is 1. The Morgan fingerprint density at radius 1 is 1.53 bits per heavy atom. The van der Waals surface area contributed by atoms with Crippen molar-refractivity contribution in [1.29, 1.82) is 5.26 Å². The number of hydrogen-bond acceptors (Lipinski definition) is 4. The first-order valence-corrected chi connectivity index (χ1v) is 6.03. The van der Waals surface area contributed by atoms with Crippen molar-refractivity contribution in [2.45, 2.75) is 24.8 Å². The molecule has 1 aliphatic carbocycles. The minimum Gasteiger partial charge on any atom is -0.334 e. The second-order valence-corrected chi connectivity index (χ2v) is 4.83. The lowest BCUT2D eigenvalue weighted by molar-refractivity contribution is -0.384. The molecule has 1 fully saturated rings. The van der Waals surface area contributed by atoms with Crippen molar-refractivity contribution in [2.24, 2.45) is 0 Å². The van der Waals surface area contributed by atoms with Crippen molar-refractivity contribution in [2.75, 3.05) is 0 Å². The first-order valence-electron chi connectivity index (χ1n) is 5.65. The lowest BCUT2D eigenvalue weighted by atomic mass is 9.78. The maximum Gasteiger partial charge on any atom is 0.287 e. The molecule has 0 heterocycles. The van der Waals surface area contributed by atoms with Gasteiger partial charge in [-0.3, -0.25) is 14.9 Å². The Hall–Kier alpha value is -2.13. The Morgan fingerprint density at radius 2 is 2.21 bits per heavy atom. The summed E-state index contributed by atoms with van der Waals surface area (Å²) in [5.41, 5.74) is -0.848. The summed E-state index contributed by atoms with van der Waals surface area (Å²) in [4.78, 5) is 21.9. The fraction of sp³-hybridized carbons (Fsp3) is 0.333. The van der Waals surface area contributed by atoms with E-state index in [0.717, 1.165) is 6.42 Å². The van der Waals surface area contributed by atoms with Crippen LogP contribution in [0.15, 0.2) is 18.2 Å². The minimum absolute atomic E-state index is 0.0998. The van der Waals surface area contributed by atoms with Gasteiger partial charge in [-0.25, -0.2) is 0 Å². The highest BCUT2D eigenvalue weighted by Gasteiger charge is 2.38. The molecule has 0 spiro atoms. The van der Waals surface area contributed by atoms with E-state index in [-0.39, 0.29) is 16.3 Å². The summed E-state index contributed by atoms with van der Waals surface area (Å²) in [6.45, 7) is 0. The van der Waals surface area contributed by atoms with Gasteiger partial charge in [0.1, 0.15) is 10.6 Å². The minimum atomic E-state index is -0.800. The van der Waals surface area contributed by atoms with Gasteiger partial charge in [0.05, 0.1) is 11.0 Å². The van der Waals surface area contributed by atoms with Gasteiger partial charge in [-0.15, -0.1) is 0 Å². The van der Waals surface area contributed by atoms with E-state index in [9.17, 15) is 14.9 Å². The molecule has 0 aliphatic heterocycles. The Morgan fingerprint density at radius 3 is 2.63 bits per heavy atom. The summed E-state index contributed by atoms with van der Waals surface area (Å²) in [6.07, 6.45) is 2.14. The van der Waals surface area contributed by atoms with Crippen LogP contribution in [0.3, 0.4) is 0 Å². The Labute approximate surface area is 114 Å². The maximum atomic E-state index is 12.0. The highest BCUT2D eigenvalue weighted by molar-refractivity contribution is 6.33. The number of halogens is 1. The average molecular weight is 280 g/mol. The number of hydrogen-bond donors (Lipinski definition) is 1. The standard InChI is InChI=1S/C12H10ClN3O3/c13-9-6-8(2-3-10(9)16(18)19)11(17)15-12(7-14)4-1-5-12/h2-3,6H,1,4-5H2,(H,15,17). The van der Waals surface area contributed by atoms with Gasteiger partial charge in [0.15, 0.2) is 0 Å². The molecule has 1 aromatic rings. The number of nitro benzene ring substituents is 1. The van der Waals surface area contributed by atoms with E-state index < -0.39 is 16.4 Å². The molecule has 0 radical (unpaired) electrons. The molecule has 7 heteroatoms. The first kappa shape index (κ1) is 13.3. The molecule has 98 valence electrons. The second-order valence-electron chi connectivity index (χ2n) is 4.42. The van der Waals surface area contributed by atoms with Crippen molar-refractivity contribution in [3.8, 4) is 6.07 Å². The molecule has 1 saturated carbocycles. The summed E-state index contributed by atoms with van der Waals surface area (Å²) in [7, 11) is 0. The third-order valence-electron chi connectivity index (χ3n) is 3.18. The van der Waals surface area contributed by atoms with Crippen LogP contribution in [-0.4, -0.2) is 16.4 Å². The fourth-order valence-corrected chi connectivity index (χ4v) is 2.13. The highest BCUT2D eigenvalue weighted by Crippen LogP contribution is 2.31. The van der Waals surface area contributed by atoms with Gasteiger partial charge in [0.2, 0.25) is 0 Å². The second kappa shape index (κ2) is 4.86. The third-order valence-corrected chi connectivity index (χ3v) is 3.48. The van der Waals surface area contributed by atoms with Crippen LogP contribution >= 0.6 is 11.6 Å². The molecule has 0 bridgehead atoms. The Bertz CT molecular complexity index is 590. The molecular weight excluding hydrogens is 270 g/mol. The Balaban J connectivity index is 2.19. The zero-order chi connectivity index (χ0) is 14.0. The summed E-state index contributed by atoms with van der Waals surface area (Å²) < 4.78 is 0. The Kier molecular flexibility index (Phi) is 3.40. The summed E-state index contributed by atoms with van der Waals surface area (Å²) in [5, 5.41) is 22.2. The van der Waals surface area contributed by atoms with Crippen LogP contribution in [0.25, 0.3) is 0 Å². The topological polar surface area (TPSA) is 96.0 Å². The SMILES string of the molecule is N#CC1(NC(=O)c2ccc([N+](=O)[O-])c(Cl)c2)CCC1. The number of carbonyl (C=O) groups excluding carboxylic acids is 1. The third kappa shape index (κ3) is 2.51. The number of nitrogens with one attached hydrogen (secondary N) is 1. The average Bonchev–Trinajstić information content (AvgIpc) is 2.33. The van der Waals surface area contributed by atoms with Crippen LogP contribution in [0.2, 0.25) is 5.02 Å². The fourth-order valence-electron chi connectivity index (χ4n) is 1.88. The molecule has 0 saturated heterocycles. The summed E-state index contributed by atoms with van der Waals surface area (Å²) >= 11 is 5.73. The first-order chi connectivity index (χ1) is 8.97. The van der Waals surface area contributed by atoms with E-state index in [1.165, 1.54) is 18.2 Å². The molecule has 0 aromatic heterocycles. The van der Waals surface area contributed by atoms with E-state index in [2.05, 4.69) is 11.4 Å². The van der Waals surface area contributed by atoms with E-state index in [1.807, 2.05) is 0 Å². The van der Waals surface area contributed by atoms with Gasteiger partial charge in [0.25, 0.3) is 11.6 Å². The van der Waals surface area contributed by atoms with Gasteiger partial charge >= 0.3 is 0 Å². The number of nitro groups is 1. The molecule has 0 unspecified atom stereocenters.